The maximum absolute atomic E-state index is 13.5. The van der Waals surface area contributed by atoms with E-state index in [1.165, 1.54) is 7.11 Å². The lowest BCUT2D eigenvalue weighted by molar-refractivity contribution is 0.403. The van der Waals surface area contributed by atoms with E-state index >= 15 is 0 Å². The Morgan fingerprint density at radius 2 is 1.61 bits per heavy atom. The Labute approximate surface area is 180 Å². The topological polar surface area (TPSA) is 78.1 Å². The minimum atomic E-state index is -3.89. The van der Waals surface area contributed by atoms with Crippen LogP contribution in [0.1, 0.15) is 5.56 Å². The lowest BCUT2D eigenvalue weighted by Gasteiger charge is -2.09. The second-order valence-corrected chi connectivity index (χ2v) is 8.84. The molecule has 31 heavy (non-hydrogen) atoms. The van der Waals surface area contributed by atoms with E-state index in [0.717, 1.165) is 5.56 Å². The number of fused-ring (bicyclic) bond motifs is 1. The second-order valence-electron chi connectivity index (χ2n) is 6.92. The SMILES string of the molecule is COc1cccc(N=c2oc3c(OC)cccc3cc2S(=O)(=O)c2ccc(C)cc2)c1. The van der Waals surface area contributed by atoms with Crippen LogP contribution in [0, 0.1) is 6.92 Å². The van der Waals surface area contributed by atoms with Gasteiger partial charge in [-0.3, -0.25) is 0 Å². The first-order chi connectivity index (χ1) is 14.9. The Balaban J connectivity index is 2.04. The molecule has 158 valence electrons. The molecule has 1 aromatic heterocycles. The normalized spacial score (nSPS) is 12.2. The zero-order valence-electron chi connectivity index (χ0n) is 17.3. The summed E-state index contributed by atoms with van der Waals surface area (Å²) in [5, 5.41) is 0.592. The van der Waals surface area contributed by atoms with Crippen LogP contribution in [0.3, 0.4) is 0 Å². The summed E-state index contributed by atoms with van der Waals surface area (Å²) in [7, 11) is -0.812. The fourth-order valence-corrected chi connectivity index (χ4v) is 4.53. The number of ether oxygens (including phenoxy) is 2. The predicted molar refractivity (Wildman–Crippen MR) is 118 cm³/mol. The van der Waals surface area contributed by atoms with Gasteiger partial charge in [0.15, 0.2) is 11.3 Å². The summed E-state index contributed by atoms with van der Waals surface area (Å²) >= 11 is 0. The largest absolute Gasteiger partial charge is 0.497 e. The van der Waals surface area contributed by atoms with Gasteiger partial charge in [0.2, 0.25) is 15.4 Å². The molecule has 4 aromatic rings. The third-order valence-corrected chi connectivity index (χ3v) is 6.59. The number of methoxy groups -OCH3 is 2. The number of aryl methyl sites for hydroxylation is 1. The molecule has 0 radical (unpaired) electrons. The molecule has 6 nitrogen and oxygen atoms in total. The van der Waals surface area contributed by atoms with Gasteiger partial charge < -0.3 is 13.9 Å². The van der Waals surface area contributed by atoms with E-state index in [4.69, 9.17) is 13.9 Å². The first kappa shape index (κ1) is 20.7. The molecule has 7 heteroatoms. The number of nitrogens with zero attached hydrogens (tertiary/aromatic N) is 1. The number of benzene rings is 3. The summed E-state index contributed by atoms with van der Waals surface area (Å²) in [6.07, 6.45) is 0. The van der Waals surface area contributed by atoms with Gasteiger partial charge in [-0.25, -0.2) is 13.4 Å². The highest BCUT2D eigenvalue weighted by Gasteiger charge is 2.23. The molecule has 0 saturated carbocycles. The lowest BCUT2D eigenvalue weighted by atomic mass is 10.2. The maximum Gasteiger partial charge on any atom is 0.239 e. The molecular formula is C24H21NO5S. The zero-order valence-corrected chi connectivity index (χ0v) is 18.1. The Morgan fingerprint density at radius 3 is 2.32 bits per heavy atom. The summed E-state index contributed by atoms with van der Waals surface area (Å²) in [5.41, 5.74) is 1.84. The van der Waals surface area contributed by atoms with Gasteiger partial charge in [-0.05, 0) is 43.3 Å². The fourth-order valence-electron chi connectivity index (χ4n) is 3.18. The average Bonchev–Trinajstić information content (AvgIpc) is 2.78. The molecule has 0 aliphatic carbocycles. The van der Waals surface area contributed by atoms with Crippen molar-refractivity contribution in [2.75, 3.05) is 14.2 Å². The number of para-hydroxylation sites is 1. The van der Waals surface area contributed by atoms with Crippen molar-refractivity contribution in [2.45, 2.75) is 16.7 Å². The monoisotopic (exact) mass is 435 g/mol. The molecule has 0 unspecified atom stereocenters. The van der Waals surface area contributed by atoms with E-state index in [0.29, 0.717) is 28.2 Å². The van der Waals surface area contributed by atoms with Crippen LogP contribution in [0.5, 0.6) is 11.5 Å². The third kappa shape index (κ3) is 4.04. The quantitative estimate of drug-likeness (QED) is 0.449. The van der Waals surface area contributed by atoms with Crippen molar-refractivity contribution in [2.24, 2.45) is 4.99 Å². The van der Waals surface area contributed by atoms with E-state index in [2.05, 4.69) is 4.99 Å². The van der Waals surface area contributed by atoms with Gasteiger partial charge in [-0.15, -0.1) is 0 Å². The van der Waals surface area contributed by atoms with Crippen LogP contribution in [-0.4, -0.2) is 22.6 Å². The van der Waals surface area contributed by atoms with Gasteiger partial charge in [0.05, 0.1) is 24.8 Å². The van der Waals surface area contributed by atoms with Crippen LogP contribution in [0.2, 0.25) is 0 Å². The van der Waals surface area contributed by atoms with Crippen molar-refractivity contribution in [1.82, 2.24) is 0 Å². The van der Waals surface area contributed by atoms with Crippen LogP contribution in [0.4, 0.5) is 5.69 Å². The number of hydrogen-bond donors (Lipinski definition) is 0. The molecule has 0 amide bonds. The van der Waals surface area contributed by atoms with Crippen molar-refractivity contribution >= 4 is 26.5 Å². The van der Waals surface area contributed by atoms with E-state index in [1.54, 1.807) is 79.9 Å². The number of hydrogen-bond acceptors (Lipinski definition) is 6. The minimum absolute atomic E-state index is 0.0278. The van der Waals surface area contributed by atoms with Gasteiger partial charge in [0, 0.05) is 11.5 Å². The molecule has 3 aromatic carbocycles. The van der Waals surface area contributed by atoms with Gasteiger partial charge in [-0.2, -0.15) is 0 Å². The summed E-state index contributed by atoms with van der Waals surface area (Å²) in [4.78, 5) is 4.64. The van der Waals surface area contributed by atoms with Gasteiger partial charge in [0.25, 0.3) is 0 Å². The number of rotatable bonds is 5. The van der Waals surface area contributed by atoms with Crippen LogP contribution < -0.4 is 15.0 Å². The molecule has 0 fully saturated rings. The number of sulfone groups is 1. The van der Waals surface area contributed by atoms with Crippen molar-refractivity contribution in [1.29, 1.82) is 0 Å². The van der Waals surface area contributed by atoms with Crippen molar-refractivity contribution < 1.29 is 22.3 Å². The molecule has 4 rings (SSSR count). The fraction of sp³-hybridized carbons (Fsp3) is 0.125. The summed E-state index contributed by atoms with van der Waals surface area (Å²) < 4.78 is 43.7. The average molecular weight is 436 g/mol. The first-order valence-corrected chi connectivity index (χ1v) is 11.0. The Morgan fingerprint density at radius 1 is 0.871 bits per heavy atom. The van der Waals surface area contributed by atoms with Crippen molar-refractivity contribution in [3.63, 3.8) is 0 Å². The van der Waals surface area contributed by atoms with E-state index in [1.807, 2.05) is 6.92 Å². The van der Waals surface area contributed by atoms with Crippen LogP contribution in [-0.2, 0) is 9.84 Å². The Kier molecular flexibility index (Phi) is 5.52. The van der Waals surface area contributed by atoms with Crippen LogP contribution >= 0.6 is 0 Å². The summed E-state index contributed by atoms with van der Waals surface area (Å²) in [6, 6.07) is 20.5. The van der Waals surface area contributed by atoms with Gasteiger partial charge in [-0.1, -0.05) is 35.9 Å². The Bertz CT molecular complexity index is 1420. The molecule has 0 aliphatic heterocycles. The van der Waals surface area contributed by atoms with E-state index in [9.17, 15) is 8.42 Å². The van der Waals surface area contributed by atoms with E-state index < -0.39 is 9.84 Å². The van der Waals surface area contributed by atoms with Gasteiger partial charge in [0.1, 0.15) is 10.6 Å². The summed E-state index contributed by atoms with van der Waals surface area (Å²) in [5.74, 6) is 1.08. The minimum Gasteiger partial charge on any atom is -0.497 e. The third-order valence-electron chi connectivity index (χ3n) is 4.83. The molecule has 0 aliphatic rings. The van der Waals surface area contributed by atoms with Crippen molar-refractivity contribution in [3.8, 4) is 11.5 Å². The van der Waals surface area contributed by atoms with Crippen LogP contribution in [0.25, 0.3) is 11.0 Å². The lowest BCUT2D eigenvalue weighted by Crippen LogP contribution is -2.16. The molecule has 1 heterocycles. The molecule has 0 bridgehead atoms. The van der Waals surface area contributed by atoms with E-state index in [-0.39, 0.29) is 15.3 Å². The molecular weight excluding hydrogens is 414 g/mol. The molecule has 0 spiro atoms. The molecule has 0 atom stereocenters. The highest BCUT2D eigenvalue weighted by molar-refractivity contribution is 7.91. The zero-order chi connectivity index (χ0) is 22.0. The van der Waals surface area contributed by atoms with Crippen molar-refractivity contribution in [3.05, 3.63) is 83.9 Å². The smallest absolute Gasteiger partial charge is 0.239 e. The highest BCUT2D eigenvalue weighted by atomic mass is 32.2. The maximum atomic E-state index is 13.5. The summed E-state index contributed by atoms with van der Waals surface area (Å²) in [6.45, 7) is 1.90. The molecule has 0 N–H and O–H groups in total. The van der Waals surface area contributed by atoms with Crippen LogP contribution in [0.15, 0.2) is 92.0 Å². The second kappa shape index (κ2) is 8.28. The van der Waals surface area contributed by atoms with Gasteiger partial charge >= 0.3 is 0 Å². The molecule has 0 saturated heterocycles. The highest BCUT2D eigenvalue weighted by Crippen LogP contribution is 2.28. The standard InChI is InChI=1S/C24H21NO5S/c1-16-10-12-20(13-11-16)31(26,27)22-14-17-6-4-9-21(29-3)23(17)30-24(22)25-18-7-5-8-19(15-18)28-2/h4-15H,1-3H3. The predicted octanol–water partition coefficient (Wildman–Crippen LogP) is 4.82. The Hall–Kier alpha value is -3.58. The first-order valence-electron chi connectivity index (χ1n) is 9.54.